The molecular formula is C12H19ClN2O2. The van der Waals surface area contributed by atoms with Crippen LogP contribution in [0.15, 0.2) is 22.8 Å². The summed E-state index contributed by atoms with van der Waals surface area (Å²) < 4.78 is 5.23. The average Bonchev–Trinajstić information content (AvgIpc) is 2.82. The summed E-state index contributed by atoms with van der Waals surface area (Å²) in [5.41, 5.74) is 0. The lowest BCUT2D eigenvalue weighted by atomic mass is 10.0. The number of furan rings is 1. The van der Waals surface area contributed by atoms with Crippen LogP contribution in [0.2, 0.25) is 0 Å². The Balaban J connectivity index is 0.00000144. The van der Waals surface area contributed by atoms with E-state index in [4.69, 9.17) is 4.42 Å². The topological polar surface area (TPSA) is 45.5 Å². The molecule has 0 aliphatic carbocycles. The predicted molar refractivity (Wildman–Crippen MR) is 68.1 cm³/mol. The molecule has 0 radical (unpaired) electrons. The molecule has 17 heavy (non-hydrogen) atoms. The maximum Gasteiger partial charge on any atom is 0.239 e. The molecule has 2 rings (SSSR count). The molecule has 1 aliphatic rings. The standard InChI is InChI=1S/C12H18N2O2.ClH/c1-14(9-10-5-4-8-16-10)12(15)11-6-2-3-7-13-11;/h4-5,8,11,13H,2-3,6-7,9H2,1H3;1H. The second-order valence-corrected chi connectivity index (χ2v) is 4.28. The number of carbonyl (C=O) groups excluding carboxylic acids is 1. The second-order valence-electron chi connectivity index (χ2n) is 4.28. The van der Waals surface area contributed by atoms with Gasteiger partial charge < -0.3 is 14.6 Å². The summed E-state index contributed by atoms with van der Waals surface area (Å²) in [5, 5.41) is 3.26. The van der Waals surface area contributed by atoms with Crippen LogP contribution in [0.3, 0.4) is 0 Å². The highest BCUT2D eigenvalue weighted by Gasteiger charge is 2.23. The van der Waals surface area contributed by atoms with E-state index in [0.29, 0.717) is 6.54 Å². The van der Waals surface area contributed by atoms with Crippen molar-refractivity contribution in [3.05, 3.63) is 24.2 Å². The van der Waals surface area contributed by atoms with Gasteiger partial charge in [-0.1, -0.05) is 6.42 Å². The van der Waals surface area contributed by atoms with E-state index < -0.39 is 0 Å². The first-order valence-electron chi connectivity index (χ1n) is 5.78. The molecular weight excluding hydrogens is 240 g/mol. The van der Waals surface area contributed by atoms with E-state index in [1.807, 2.05) is 19.2 Å². The van der Waals surface area contributed by atoms with Crippen molar-refractivity contribution in [2.24, 2.45) is 0 Å². The highest BCUT2D eigenvalue weighted by molar-refractivity contribution is 5.85. The molecule has 5 heteroatoms. The van der Waals surface area contributed by atoms with Gasteiger partial charge in [0.2, 0.25) is 5.91 Å². The van der Waals surface area contributed by atoms with E-state index in [1.54, 1.807) is 11.2 Å². The minimum absolute atomic E-state index is 0. The first-order chi connectivity index (χ1) is 7.77. The van der Waals surface area contributed by atoms with Crippen molar-refractivity contribution in [2.75, 3.05) is 13.6 Å². The zero-order valence-corrected chi connectivity index (χ0v) is 10.8. The van der Waals surface area contributed by atoms with Crippen LogP contribution >= 0.6 is 12.4 Å². The Morgan fingerprint density at radius 2 is 2.41 bits per heavy atom. The largest absolute Gasteiger partial charge is 0.467 e. The van der Waals surface area contributed by atoms with Crippen LogP contribution in [-0.4, -0.2) is 30.4 Å². The zero-order chi connectivity index (χ0) is 11.4. The van der Waals surface area contributed by atoms with Crippen molar-refractivity contribution in [1.29, 1.82) is 0 Å². The Bertz CT molecular complexity index is 334. The summed E-state index contributed by atoms with van der Waals surface area (Å²) in [6.07, 6.45) is 4.89. The molecule has 1 aromatic heterocycles. The first kappa shape index (κ1) is 14.1. The SMILES string of the molecule is CN(Cc1ccco1)C(=O)C1CCCCN1.Cl. The normalized spacial score (nSPS) is 19.5. The number of rotatable bonds is 3. The van der Waals surface area contributed by atoms with E-state index in [9.17, 15) is 4.79 Å². The lowest BCUT2D eigenvalue weighted by Crippen LogP contribution is -2.46. The summed E-state index contributed by atoms with van der Waals surface area (Å²) in [6.45, 7) is 1.50. The number of likely N-dealkylation sites (N-methyl/N-ethyl adjacent to an activating group) is 1. The Morgan fingerprint density at radius 3 is 3.00 bits per heavy atom. The van der Waals surface area contributed by atoms with Crippen LogP contribution in [0.1, 0.15) is 25.0 Å². The molecule has 4 nitrogen and oxygen atoms in total. The molecule has 1 atom stereocenters. The number of halogens is 1. The van der Waals surface area contributed by atoms with Crippen LogP contribution in [0.25, 0.3) is 0 Å². The van der Waals surface area contributed by atoms with Gasteiger partial charge in [-0.3, -0.25) is 4.79 Å². The molecule has 1 amide bonds. The second kappa shape index (κ2) is 6.67. The van der Waals surface area contributed by atoms with Gasteiger partial charge in [-0.2, -0.15) is 0 Å². The molecule has 0 spiro atoms. The van der Waals surface area contributed by atoms with Crippen LogP contribution in [0.4, 0.5) is 0 Å². The first-order valence-corrected chi connectivity index (χ1v) is 5.78. The van der Waals surface area contributed by atoms with Crippen LogP contribution in [-0.2, 0) is 11.3 Å². The zero-order valence-electron chi connectivity index (χ0n) is 10.0. The van der Waals surface area contributed by atoms with Gasteiger partial charge in [-0.15, -0.1) is 12.4 Å². The molecule has 0 saturated carbocycles. The van der Waals surface area contributed by atoms with Gasteiger partial charge in [0.25, 0.3) is 0 Å². The van der Waals surface area contributed by atoms with Gasteiger partial charge in [0.05, 0.1) is 18.8 Å². The minimum atomic E-state index is -0.00582. The fourth-order valence-electron chi connectivity index (χ4n) is 2.04. The highest BCUT2D eigenvalue weighted by Crippen LogP contribution is 2.11. The summed E-state index contributed by atoms with van der Waals surface area (Å²) in [4.78, 5) is 13.8. The van der Waals surface area contributed by atoms with Gasteiger partial charge in [0, 0.05) is 7.05 Å². The van der Waals surface area contributed by atoms with Gasteiger partial charge in [0.15, 0.2) is 0 Å². The lowest BCUT2D eigenvalue weighted by Gasteiger charge is -2.26. The maximum absolute atomic E-state index is 12.0. The molecule has 1 unspecified atom stereocenters. The molecule has 1 N–H and O–H groups in total. The Hall–Kier alpha value is -1.00. The van der Waals surface area contributed by atoms with Crippen LogP contribution < -0.4 is 5.32 Å². The number of amides is 1. The van der Waals surface area contributed by atoms with E-state index in [-0.39, 0.29) is 24.4 Å². The summed E-state index contributed by atoms with van der Waals surface area (Å²) in [6, 6.07) is 3.72. The van der Waals surface area contributed by atoms with Crippen molar-refractivity contribution in [3.63, 3.8) is 0 Å². The van der Waals surface area contributed by atoms with Crippen LogP contribution in [0.5, 0.6) is 0 Å². The molecule has 0 aromatic carbocycles. The predicted octanol–water partition coefficient (Wildman–Crippen LogP) is 1.80. The molecule has 1 saturated heterocycles. The number of piperidine rings is 1. The van der Waals surface area contributed by atoms with Gasteiger partial charge in [-0.05, 0) is 31.5 Å². The van der Waals surface area contributed by atoms with E-state index >= 15 is 0 Å². The van der Waals surface area contributed by atoms with Crippen molar-refractivity contribution < 1.29 is 9.21 Å². The lowest BCUT2D eigenvalue weighted by molar-refractivity contribution is -0.133. The Kier molecular flexibility index (Phi) is 5.51. The van der Waals surface area contributed by atoms with Gasteiger partial charge in [0.1, 0.15) is 5.76 Å². The quantitative estimate of drug-likeness (QED) is 0.899. The number of carbonyl (C=O) groups is 1. The number of hydrogen-bond acceptors (Lipinski definition) is 3. The Morgan fingerprint density at radius 1 is 1.59 bits per heavy atom. The van der Waals surface area contributed by atoms with Crippen molar-refractivity contribution in [2.45, 2.75) is 31.8 Å². The van der Waals surface area contributed by atoms with Crippen molar-refractivity contribution in [1.82, 2.24) is 10.2 Å². The molecule has 0 bridgehead atoms. The summed E-state index contributed by atoms with van der Waals surface area (Å²) >= 11 is 0. The maximum atomic E-state index is 12.0. The third-order valence-electron chi connectivity index (χ3n) is 2.96. The number of nitrogens with zero attached hydrogens (tertiary/aromatic N) is 1. The molecule has 96 valence electrons. The Labute approximate surface area is 108 Å². The molecule has 1 fully saturated rings. The smallest absolute Gasteiger partial charge is 0.239 e. The van der Waals surface area contributed by atoms with Gasteiger partial charge >= 0.3 is 0 Å². The number of nitrogens with one attached hydrogen (secondary N) is 1. The average molecular weight is 259 g/mol. The van der Waals surface area contributed by atoms with Crippen molar-refractivity contribution >= 4 is 18.3 Å². The third-order valence-corrected chi connectivity index (χ3v) is 2.96. The highest BCUT2D eigenvalue weighted by atomic mass is 35.5. The minimum Gasteiger partial charge on any atom is -0.467 e. The van der Waals surface area contributed by atoms with E-state index in [0.717, 1.165) is 25.1 Å². The molecule has 2 heterocycles. The molecule has 1 aliphatic heterocycles. The van der Waals surface area contributed by atoms with Gasteiger partial charge in [-0.25, -0.2) is 0 Å². The summed E-state index contributed by atoms with van der Waals surface area (Å²) in [7, 11) is 1.82. The number of hydrogen-bond donors (Lipinski definition) is 1. The van der Waals surface area contributed by atoms with E-state index in [2.05, 4.69) is 5.32 Å². The van der Waals surface area contributed by atoms with E-state index in [1.165, 1.54) is 6.42 Å². The van der Waals surface area contributed by atoms with Crippen LogP contribution in [0, 0.1) is 0 Å². The third kappa shape index (κ3) is 3.75. The fraction of sp³-hybridized carbons (Fsp3) is 0.583. The summed E-state index contributed by atoms with van der Waals surface area (Å²) in [5.74, 6) is 0.989. The fourth-order valence-corrected chi connectivity index (χ4v) is 2.04. The molecule has 1 aromatic rings. The van der Waals surface area contributed by atoms with Crippen molar-refractivity contribution in [3.8, 4) is 0 Å². The monoisotopic (exact) mass is 258 g/mol.